The van der Waals surface area contributed by atoms with Gasteiger partial charge in [0.25, 0.3) is 10.0 Å². The van der Waals surface area contributed by atoms with E-state index in [0.717, 1.165) is 3.57 Å². The highest BCUT2D eigenvalue weighted by molar-refractivity contribution is 14.1. The van der Waals surface area contributed by atoms with Gasteiger partial charge in [0, 0.05) is 22.7 Å². The summed E-state index contributed by atoms with van der Waals surface area (Å²) in [6.07, 6.45) is 0. The van der Waals surface area contributed by atoms with Crippen LogP contribution in [0.1, 0.15) is 13.8 Å². The van der Waals surface area contributed by atoms with E-state index >= 15 is 0 Å². The molecule has 2 rings (SSSR count). The molecule has 0 atom stereocenters. The molecule has 0 fully saturated rings. The topological polar surface area (TPSA) is 66.5 Å². The summed E-state index contributed by atoms with van der Waals surface area (Å²) in [5, 5.41) is 2.62. The van der Waals surface area contributed by atoms with Crippen molar-refractivity contribution in [3.63, 3.8) is 0 Å². The first kappa shape index (κ1) is 17.7. The molecule has 1 amide bonds. The standard InChI is InChI=1S/C16H17IN2O3S/c1-3-19(15-8-4-13(17)5-9-15)23(21,22)16-10-6-14(7-11-16)18-12(2)20/h4-11H,3H2,1-2H3,(H,18,20). The number of hydrogen-bond acceptors (Lipinski definition) is 3. The molecule has 23 heavy (non-hydrogen) atoms. The Hall–Kier alpha value is -1.61. The predicted molar refractivity (Wildman–Crippen MR) is 100 cm³/mol. The Labute approximate surface area is 149 Å². The maximum Gasteiger partial charge on any atom is 0.264 e. The summed E-state index contributed by atoms with van der Waals surface area (Å²) in [4.78, 5) is 11.2. The van der Waals surface area contributed by atoms with Crippen LogP contribution in [0.4, 0.5) is 11.4 Å². The van der Waals surface area contributed by atoms with E-state index in [1.165, 1.54) is 23.4 Å². The van der Waals surface area contributed by atoms with Crippen molar-refractivity contribution in [2.75, 3.05) is 16.2 Å². The minimum absolute atomic E-state index is 0.187. The van der Waals surface area contributed by atoms with Crippen LogP contribution < -0.4 is 9.62 Å². The number of amides is 1. The zero-order valence-electron chi connectivity index (χ0n) is 12.8. The molecule has 0 bridgehead atoms. The van der Waals surface area contributed by atoms with Gasteiger partial charge in [-0.3, -0.25) is 9.10 Å². The van der Waals surface area contributed by atoms with Crippen LogP contribution in [0.3, 0.4) is 0 Å². The summed E-state index contributed by atoms with van der Waals surface area (Å²) < 4.78 is 28.0. The molecule has 0 aliphatic carbocycles. The number of hydrogen-bond donors (Lipinski definition) is 1. The molecule has 1 N–H and O–H groups in total. The van der Waals surface area contributed by atoms with E-state index in [0.29, 0.717) is 17.9 Å². The van der Waals surface area contributed by atoms with E-state index < -0.39 is 10.0 Å². The fraction of sp³-hybridized carbons (Fsp3) is 0.188. The number of halogens is 1. The number of carbonyl (C=O) groups excluding carboxylic acids is 1. The number of rotatable bonds is 5. The first-order chi connectivity index (χ1) is 10.8. The van der Waals surface area contributed by atoms with Crippen LogP contribution in [0, 0.1) is 3.57 Å². The Morgan fingerprint density at radius 2 is 1.65 bits per heavy atom. The zero-order chi connectivity index (χ0) is 17.0. The number of nitrogens with one attached hydrogen (secondary N) is 1. The van der Waals surface area contributed by atoms with E-state index in [1.807, 2.05) is 12.1 Å². The molecule has 0 spiro atoms. The van der Waals surface area contributed by atoms with Crippen molar-refractivity contribution in [1.29, 1.82) is 0 Å². The number of sulfonamides is 1. The third-order valence-corrected chi connectivity index (χ3v) is 5.80. The monoisotopic (exact) mass is 444 g/mol. The van der Waals surface area contributed by atoms with Gasteiger partial charge in [0.15, 0.2) is 0 Å². The second kappa shape index (κ2) is 7.31. The molecular formula is C16H17IN2O3S. The van der Waals surface area contributed by atoms with Crippen LogP contribution in [0.5, 0.6) is 0 Å². The molecule has 0 radical (unpaired) electrons. The maximum atomic E-state index is 12.8. The molecule has 0 aromatic heterocycles. The molecule has 7 heteroatoms. The van der Waals surface area contributed by atoms with E-state index in [-0.39, 0.29) is 10.8 Å². The first-order valence-corrected chi connectivity index (χ1v) is 9.52. The number of benzene rings is 2. The van der Waals surface area contributed by atoms with Gasteiger partial charge in [-0.1, -0.05) is 0 Å². The van der Waals surface area contributed by atoms with Crippen molar-refractivity contribution < 1.29 is 13.2 Å². The van der Waals surface area contributed by atoms with Gasteiger partial charge in [-0.25, -0.2) is 8.42 Å². The lowest BCUT2D eigenvalue weighted by molar-refractivity contribution is -0.114. The van der Waals surface area contributed by atoms with Crippen LogP contribution in [0.15, 0.2) is 53.4 Å². The summed E-state index contributed by atoms with van der Waals surface area (Å²) in [7, 11) is -3.64. The van der Waals surface area contributed by atoms with Crippen LogP contribution in [0.2, 0.25) is 0 Å². The summed E-state index contributed by atoms with van der Waals surface area (Å²) in [5.74, 6) is -0.199. The molecule has 0 aliphatic rings. The van der Waals surface area contributed by atoms with Gasteiger partial charge < -0.3 is 5.32 Å². The molecule has 2 aromatic rings. The van der Waals surface area contributed by atoms with Gasteiger partial charge in [0.1, 0.15) is 0 Å². The average molecular weight is 444 g/mol. The smallest absolute Gasteiger partial charge is 0.264 e. The molecule has 0 saturated carbocycles. The quantitative estimate of drug-likeness (QED) is 0.719. The molecule has 0 unspecified atom stereocenters. The van der Waals surface area contributed by atoms with E-state index in [2.05, 4.69) is 27.9 Å². The maximum absolute atomic E-state index is 12.8. The van der Waals surface area contributed by atoms with E-state index in [9.17, 15) is 13.2 Å². The van der Waals surface area contributed by atoms with Crippen LogP contribution in [0.25, 0.3) is 0 Å². The van der Waals surface area contributed by atoms with Gasteiger partial charge >= 0.3 is 0 Å². The van der Waals surface area contributed by atoms with Crippen molar-refractivity contribution in [3.05, 3.63) is 52.1 Å². The van der Waals surface area contributed by atoms with Crippen molar-refractivity contribution in [2.45, 2.75) is 18.7 Å². The van der Waals surface area contributed by atoms with Gasteiger partial charge in [-0.15, -0.1) is 0 Å². The lowest BCUT2D eigenvalue weighted by atomic mass is 10.3. The Balaban J connectivity index is 2.35. The summed E-state index contributed by atoms with van der Waals surface area (Å²) in [6.45, 7) is 3.53. The minimum atomic E-state index is -3.64. The molecular weight excluding hydrogens is 427 g/mol. The Morgan fingerprint density at radius 3 is 2.13 bits per heavy atom. The first-order valence-electron chi connectivity index (χ1n) is 7.00. The second-order valence-corrected chi connectivity index (χ2v) is 7.96. The minimum Gasteiger partial charge on any atom is -0.326 e. The number of carbonyl (C=O) groups is 1. The normalized spacial score (nSPS) is 11.1. The average Bonchev–Trinajstić information content (AvgIpc) is 2.49. The lowest BCUT2D eigenvalue weighted by Gasteiger charge is -2.23. The lowest BCUT2D eigenvalue weighted by Crippen LogP contribution is -2.30. The van der Waals surface area contributed by atoms with Crippen molar-refractivity contribution in [2.24, 2.45) is 0 Å². The molecule has 122 valence electrons. The van der Waals surface area contributed by atoms with Crippen molar-refractivity contribution in [1.82, 2.24) is 0 Å². The molecule has 0 heterocycles. The van der Waals surface area contributed by atoms with Gasteiger partial charge in [0.2, 0.25) is 5.91 Å². The van der Waals surface area contributed by atoms with E-state index in [1.54, 1.807) is 31.2 Å². The van der Waals surface area contributed by atoms with Crippen LogP contribution in [-0.4, -0.2) is 20.9 Å². The van der Waals surface area contributed by atoms with Crippen molar-refractivity contribution in [3.8, 4) is 0 Å². The van der Waals surface area contributed by atoms with Crippen LogP contribution in [-0.2, 0) is 14.8 Å². The second-order valence-electron chi connectivity index (χ2n) is 4.85. The molecule has 2 aromatic carbocycles. The fourth-order valence-corrected chi connectivity index (χ4v) is 3.97. The van der Waals surface area contributed by atoms with Crippen LogP contribution >= 0.6 is 22.6 Å². The number of nitrogens with zero attached hydrogens (tertiary/aromatic N) is 1. The van der Waals surface area contributed by atoms with Gasteiger partial charge in [0.05, 0.1) is 10.6 Å². The molecule has 0 saturated heterocycles. The summed E-state index contributed by atoms with van der Waals surface area (Å²) in [6, 6.07) is 13.5. The predicted octanol–water partition coefficient (Wildman–Crippen LogP) is 3.46. The Morgan fingerprint density at radius 1 is 1.09 bits per heavy atom. The molecule has 5 nitrogen and oxygen atoms in total. The highest BCUT2D eigenvalue weighted by Crippen LogP contribution is 2.25. The summed E-state index contributed by atoms with van der Waals surface area (Å²) in [5.41, 5.74) is 1.19. The van der Waals surface area contributed by atoms with E-state index in [4.69, 9.17) is 0 Å². The zero-order valence-corrected chi connectivity index (χ0v) is 15.8. The Bertz CT molecular complexity index is 787. The number of anilines is 2. The van der Waals surface area contributed by atoms with Crippen molar-refractivity contribution >= 4 is 49.9 Å². The van der Waals surface area contributed by atoms with Gasteiger partial charge in [-0.05, 0) is 78.0 Å². The SMILES string of the molecule is CCN(c1ccc(I)cc1)S(=O)(=O)c1ccc(NC(C)=O)cc1. The largest absolute Gasteiger partial charge is 0.326 e. The van der Waals surface area contributed by atoms with Gasteiger partial charge in [-0.2, -0.15) is 0 Å². The summed E-state index contributed by atoms with van der Waals surface area (Å²) >= 11 is 2.18. The third-order valence-electron chi connectivity index (χ3n) is 3.16. The highest BCUT2D eigenvalue weighted by atomic mass is 127. The fourth-order valence-electron chi connectivity index (χ4n) is 2.14. The highest BCUT2D eigenvalue weighted by Gasteiger charge is 2.23. The third kappa shape index (κ3) is 4.23. The Kier molecular flexibility index (Phi) is 5.64. The molecule has 0 aliphatic heterocycles.